The molecule has 3 fully saturated rings. The molecule has 1 saturated carbocycles. The Morgan fingerprint density at radius 2 is 2.06 bits per heavy atom. The molecule has 0 aromatic heterocycles. The number of nitrogens with two attached hydrogens (primary N) is 1. The van der Waals surface area contributed by atoms with Crippen LogP contribution in [0, 0.1) is 11.8 Å². The minimum Gasteiger partial charge on any atom is -0.327 e. The maximum atomic E-state index is 6.28. The van der Waals surface area contributed by atoms with Crippen molar-refractivity contribution in [3.05, 3.63) is 0 Å². The van der Waals surface area contributed by atoms with Crippen molar-refractivity contribution in [2.45, 2.75) is 49.9 Å². The van der Waals surface area contributed by atoms with E-state index in [-0.39, 0.29) is 0 Å². The van der Waals surface area contributed by atoms with Crippen LogP contribution in [-0.4, -0.2) is 41.1 Å². The van der Waals surface area contributed by atoms with Crippen LogP contribution in [0.25, 0.3) is 0 Å². The Morgan fingerprint density at radius 3 is 2.75 bits per heavy atom. The lowest BCUT2D eigenvalue weighted by Crippen LogP contribution is -2.40. The summed E-state index contributed by atoms with van der Waals surface area (Å²) >= 11 is 2.15. The van der Waals surface area contributed by atoms with Gasteiger partial charge in [-0.3, -0.25) is 4.90 Å². The van der Waals surface area contributed by atoms with E-state index in [2.05, 4.69) is 23.6 Å². The van der Waals surface area contributed by atoms with Crippen molar-refractivity contribution in [1.29, 1.82) is 0 Å². The highest BCUT2D eigenvalue weighted by atomic mass is 32.2. The lowest BCUT2D eigenvalue weighted by molar-refractivity contribution is 0.229. The van der Waals surface area contributed by atoms with Crippen LogP contribution in [0.4, 0.5) is 0 Å². The summed E-state index contributed by atoms with van der Waals surface area (Å²) in [6, 6.07) is 1.34. The summed E-state index contributed by atoms with van der Waals surface area (Å²) < 4.78 is 0. The van der Waals surface area contributed by atoms with Gasteiger partial charge in [-0.1, -0.05) is 13.3 Å². The van der Waals surface area contributed by atoms with E-state index < -0.39 is 0 Å². The third kappa shape index (κ3) is 1.91. The van der Waals surface area contributed by atoms with Crippen molar-refractivity contribution >= 4 is 11.8 Å². The van der Waals surface area contributed by atoms with Crippen LogP contribution in [0.2, 0.25) is 0 Å². The smallest absolute Gasteiger partial charge is 0.0220 e. The van der Waals surface area contributed by atoms with Gasteiger partial charge in [0.25, 0.3) is 0 Å². The Hall–Kier alpha value is 0.270. The Labute approximate surface area is 103 Å². The van der Waals surface area contributed by atoms with Gasteiger partial charge in [-0.15, -0.1) is 0 Å². The van der Waals surface area contributed by atoms with Crippen LogP contribution in [0.1, 0.15) is 32.6 Å². The molecule has 3 rings (SSSR count). The molecule has 0 radical (unpaired) electrons. The minimum absolute atomic E-state index is 0.494. The molecule has 3 heteroatoms. The van der Waals surface area contributed by atoms with Crippen LogP contribution >= 0.6 is 11.8 Å². The van der Waals surface area contributed by atoms with E-state index in [1.807, 2.05) is 0 Å². The highest BCUT2D eigenvalue weighted by molar-refractivity contribution is 8.00. The van der Waals surface area contributed by atoms with Crippen LogP contribution < -0.4 is 5.73 Å². The van der Waals surface area contributed by atoms with E-state index in [9.17, 15) is 0 Å². The maximum absolute atomic E-state index is 6.28. The highest BCUT2D eigenvalue weighted by Gasteiger charge is 2.42. The summed E-state index contributed by atoms with van der Waals surface area (Å²) in [6.45, 7) is 5.04. The first-order chi connectivity index (χ1) is 7.75. The van der Waals surface area contributed by atoms with Crippen molar-refractivity contribution in [2.75, 3.05) is 18.8 Å². The number of thioether (sulfide) groups is 1. The fourth-order valence-electron chi connectivity index (χ4n) is 4.02. The molecule has 2 N–H and O–H groups in total. The van der Waals surface area contributed by atoms with E-state index >= 15 is 0 Å². The molecule has 0 aromatic rings. The number of hydrogen-bond acceptors (Lipinski definition) is 3. The molecule has 16 heavy (non-hydrogen) atoms. The Balaban J connectivity index is 1.67. The third-order valence-corrected chi connectivity index (χ3v) is 6.30. The Morgan fingerprint density at radius 1 is 1.19 bits per heavy atom. The molecule has 1 aliphatic carbocycles. The van der Waals surface area contributed by atoms with Gasteiger partial charge in [-0.2, -0.15) is 11.8 Å². The van der Waals surface area contributed by atoms with E-state index in [1.54, 1.807) is 0 Å². The molecular weight excluding hydrogens is 216 g/mol. The number of likely N-dealkylation sites (tertiary alicyclic amines) is 1. The monoisotopic (exact) mass is 240 g/mol. The van der Waals surface area contributed by atoms with Gasteiger partial charge in [0.2, 0.25) is 0 Å². The number of hydrogen-bond donors (Lipinski definition) is 1. The normalized spacial score (nSPS) is 49.5. The van der Waals surface area contributed by atoms with Crippen molar-refractivity contribution in [3.8, 4) is 0 Å². The van der Waals surface area contributed by atoms with E-state index in [0.29, 0.717) is 6.04 Å². The second-order valence-corrected chi connectivity index (χ2v) is 7.39. The molecule has 2 nitrogen and oxygen atoms in total. The molecule has 0 spiro atoms. The molecule has 2 heterocycles. The zero-order valence-corrected chi connectivity index (χ0v) is 11.1. The molecule has 92 valence electrons. The standard InChI is InChI=1S/C13H24N2S/c1-9-13(5-6-16-9)15-7-10-3-2-4-12(14)11(10)8-15/h9-13H,2-8,14H2,1H3. The molecule has 5 atom stereocenters. The summed E-state index contributed by atoms with van der Waals surface area (Å²) in [5, 5.41) is 0.844. The number of fused-ring (bicyclic) bond motifs is 1. The van der Waals surface area contributed by atoms with E-state index in [4.69, 9.17) is 5.73 Å². The zero-order chi connectivity index (χ0) is 11.1. The van der Waals surface area contributed by atoms with Crippen LogP contribution in [-0.2, 0) is 0 Å². The lowest BCUT2D eigenvalue weighted by Gasteiger charge is -2.30. The molecule has 0 amide bonds. The van der Waals surface area contributed by atoms with Crippen molar-refractivity contribution in [2.24, 2.45) is 17.6 Å². The van der Waals surface area contributed by atoms with Crippen LogP contribution in [0.15, 0.2) is 0 Å². The first-order valence-corrected chi connectivity index (χ1v) is 7.92. The Kier molecular flexibility index (Phi) is 3.20. The van der Waals surface area contributed by atoms with Gasteiger partial charge in [0.05, 0.1) is 0 Å². The van der Waals surface area contributed by atoms with Crippen LogP contribution in [0.5, 0.6) is 0 Å². The molecule has 0 bridgehead atoms. The van der Waals surface area contributed by atoms with Gasteiger partial charge < -0.3 is 5.73 Å². The molecule has 3 aliphatic rings. The predicted molar refractivity (Wildman–Crippen MR) is 70.7 cm³/mol. The fourth-order valence-corrected chi connectivity index (χ4v) is 5.30. The summed E-state index contributed by atoms with van der Waals surface area (Å²) in [4.78, 5) is 2.77. The summed E-state index contributed by atoms with van der Waals surface area (Å²) in [5.41, 5.74) is 6.28. The lowest BCUT2D eigenvalue weighted by atomic mass is 9.78. The van der Waals surface area contributed by atoms with Gasteiger partial charge in [0.15, 0.2) is 0 Å². The molecular formula is C13H24N2S. The SMILES string of the molecule is CC1SCCC1N1CC2CCCC(N)C2C1. The van der Waals surface area contributed by atoms with Gasteiger partial charge in [0, 0.05) is 30.4 Å². The average Bonchev–Trinajstić information content (AvgIpc) is 2.84. The maximum Gasteiger partial charge on any atom is 0.0220 e. The fraction of sp³-hybridized carbons (Fsp3) is 1.00. The van der Waals surface area contributed by atoms with Gasteiger partial charge >= 0.3 is 0 Å². The van der Waals surface area contributed by atoms with Crippen molar-refractivity contribution in [1.82, 2.24) is 4.90 Å². The third-order valence-electron chi connectivity index (χ3n) is 4.99. The molecule has 0 aromatic carbocycles. The quantitative estimate of drug-likeness (QED) is 0.759. The van der Waals surface area contributed by atoms with E-state index in [1.165, 1.54) is 44.5 Å². The van der Waals surface area contributed by atoms with Crippen molar-refractivity contribution in [3.63, 3.8) is 0 Å². The second-order valence-electron chi connectivity index (χ2n) is 5.90. The van der Waals surface area contributed by atoms with Gasteiger partial charge in [0.1, 0.15) is 0 Å². The zero-order valence-electron chi connectivity index (χ0n) is 10.3. The first kappa shape index (κ1) is 11.4. The topological polar surface area (TPSA) is 29.3 Å². The predicted octanol–water partition coefficient (Wildman–Crippen LogP) is 1.94. The van der Waals surface area contributed by atoms with Crippen LogP contribution in [0.3, 0.4) is 0 Å². The first-order valence-electron chi connectivity index (χ1n) is 6.87. The van der Waals surface area contributed by atoms with E-state index in [0.717, 1.165) is 23.1 Å². The number of rotatable bonds is 1. The van der Waals surface area contributed by atoms with Gasteiger partial charge in [-0.05, 0) is 36.9 Å². The average molecular weight is 240 g/mol. The largest absolute Gasteiger partial charge is 0.327 e. The summed E-state index contributed by atoms with van der Waals surface area (Å²) in [7, 11) is 0. The second kappa shape index (κ2) is 4.51. The molecule has 2 aliphatic heterocycles. The summed E-state index contributed by atoms with van der Waals surface area (Å²) in [6.07, 6.45) is 5.47. The molecule has 2 saturated heterocycles. The van der Waals surface area contributed by atoms with Gasteiger partial charge in [-0.25, -0.2) is 0 Å². The van der Waals surface area contributed by atoms with Crippen molar-refractivity contribution < 1.29 is 0 Å². The minimum atomic E-state index is 0.494. The summed E-state index contributed by atoms with van der Waals surface area (Å²) in [5.74, 6) is 3.09. The molecule has 5 unspecified atom stereocenters. The Bertz CT molecular complexity index is 258. The highest BCUT2D eigenvalue weighted by Crippen LogP contribution is 2.40. The number of nitrogens with zero attached hydrogens (tertiary/aromatic N) is 1.